The van der Waals surface area contributed by atoms with Crippen LogP contribution in [-0.4, -0.2) is 68.0 Å². The van der Waals surface area contributed by atoms with Crippen molar-refractivity contribution in [2.45, 2.75) is 19.4 Å². The third-order valence-corrected chi connectivity index (χ3v) is 4.30. The Morgan fingerprint density at radius 3 is 2.56 bits per heavy atom. The average Bonchev–Trinajstić information content (AvgIpc) is 2.84. The Labute approximate surface area is 149 Å². The van der Waals surface area contributed by atoms with Crippen LogP contribution in [0.25, 0.3) is 6.08 Å². The first-order chi connectivity index (χ1) is 12.0. The lowest BCUT2D eigenvalue weighted by atomic mass is 10.2. The molecule has 0 aliphatic carbocycles. The van der Waals surface area contributed by atoms with Gasteiger partial charge < -0.3 is 19.9 Å². The highest BCUT2D eigenvalue weighted by atomic mass is 16.5. The van der Waals surface area contributed by atoms with Crippen molar-refractivity contribution < 1.29 is 14.3 Å². The molecule has 6 heteroatoms. The van der Waals surface area contributed by atoms with Gasteiger partial charge in [-0.05, 0) is 50.7 Å². The lowest BCUT2D eigenvalue weighted by Gasteiger charge is -2.24. The van der Waals surface area contributed by atoms with Gasteiger partial charge in [-0.2, -0.15) is 0 Å². The molecule has 0 radical (unpaired) electrons. The van der Waals surface area contributed by atoms with Gasteiger partial charge in [-0.3, -0.25) is 9.59 Å². The van der Waals surface area contributed by atoms with Gasteiger partial charge in [0, 0.05) is 25.7 Å². The second-order valence-corrected chi connectivity index (χ2v) is 6.32. The molecule has 1 aromatic rings. The topological polar surface area (TPSA) is 61.9 Å². The van der Waals surface area contributed by atoms with E-state index in [1.54, 1.807) is 20.1 Å². The Morgan fingerprint density at radius 1 is 1.16 bits per heavy atom. The van der Waals surface area contributed by atoms with Crippen LogP contribution < -0.4 is 10.1 Å². The molecule has 1 saturated heterocycles. The summed E-state index contributed by atoms with van der Waals surface area (Å²) in [5, 5.41) is 2.75. The number of methoxy groups -OCH3 is 1. The number of rotatable bonds is 5. The maximum Gasteiger partial charge on any atom is 0.244 e. The lowest BCUT2D eigenvalue weighted by molar-refractivity contribution is -0.135. The first-order valence-corrected chi connectivity index (χ1v) is 8.59. The quantitative estimate of drug-likeness (QED) is 0.819. The van der Waals surface area contributed by atoms with E-state index < -0.39 is 6.04 Å². The highest BCUT2D eigenvalue weighted by Crippen LogP contribution is 2.12. The third-order valence-electron chi connectivity index (χ3n) is 4.30. The van der Waals surface area contributed by atoms with Crippen LogP contribution in [0.15, 0.2) is 30.3 Å². The number of nitrogens with one attached hydrogen (secondary N) is 1. The van der Waals surface area contributed by atoms with E-state index in [1.165, 1.54) is 6.08 Å². The molecule has 0 saturated carbocycles. The molecular formula is C19H27N3O3. The van der Waals surface area contributed by atoms with Gasteiger partial charge >= 0.3 is 0 Å². The summed E-state index contributed by atoms with van der Waals surface area (Å²) in [6, 6.07) is 6.87. The largest absolute Gasteiger partial charge is 0.497 e. The molecule has 2 amide bonds. The molecule has 1 aromatic carbocycles. The van der Waals surface area contributed by atoms with E-state index in [4.69, 9.17) is 4.74 Å². The summed E-state index contributed by atoms with van der Waals surface area (Å²) in [5.74, 6) is 0.467. The second-order valence-electron chi connectivity index (χ2n) is 6.32. The molecule has 0 bridgehead atoms. The van der Waals surface area contributed by atoms with Crippen molar-refractivity contribution in [1.82, 2.24) is 15.1 Å². The average molecular weight is 345 g/mol. The highest BCUT2D eigenvalue weighted by molar-refractivity contribution is 5.95. The highest BCUT2D eigenvalue weighted by Gasteiger charge is 2.23. The molecule has 25 heavy (non-hydrogen) atoms. The SMILES string of the molecule is COc1ccc(/C=C/C(=O)NC(C)C(=O)N2CCCN(C)CC2)cc1. The molecule has 1 unspecified atom stereocenters. The van der Waals surface area contributed by atoms with Gasteiger partial charge in [-0.25, -0.2) is 0 Å². The molecular weight excluding hydrogens is 318 g/mol. The van der Waals surface area contributed by atoms with E-state index in [0.717, 1.165) is 37.4 Å². The number of amides is 2. The molecule has 0 spiro atoms. The van der Waals surface area contributed by atoms with Crippen LogP contribution in [0.1, 0.15) is 18.9 Å². The zero-order chi connectivity index (χ0) is 18.2. The van der Waals surface area contributed by atoms with Gasteiger partial charge in [-0.15, -0.1) is 0 Å². The fourth-order valence-electron chi connectivity index (χ4n) is 2.75. The Kier molecular flexibility index (Phi) is 7.01. The molecule has 1 aliphatic heterocycles. The minimum Gasteiger partial charge on any atom is -0.497 e. The number of hydrogen-bond acceptors (Lipinski definition) is 4. The van der Waals surface area contributed by atoms with Crippen LogP contribution in [0.4, 0.5) is 0 Å². The molecule has 0 aromatic heterocycles. The minimum atomic E-state index is -0.531. The first-order valence-electron chi connectivity index (χ1n) is 8.59. The van der Waals surface area contributed by atoms with Crippen molar-refractivity contribution in [2.75, 3.05) is 40.3 Å². The standard InChI is InChI=1S/C19H27N3O3/c1-15(19(24)22-12-4-11-21(2)13-14-22)20-18(23)10-7-16-5-8-17(25-3)9-6-16/h5-10,15H,4,11-14H2,1-3H3,(H,20,23)/b10-7+. The maximum atomic E-state index is 12.5. The fraction of sp³-hybridized carbons (Fsp3) is 0.474. The molecule has 1 aliphatic rings. The molecule has 1 heterocycles. The number of hydrogen-bond donors (Lipinski definition) is 1. The van der Waals surface area contributed by atoms with E-state index in [9.17, 15) is 9.59 Å². The zero-order valence-corrected chi connectivity index (χ0v) is 15.2. The van der Waals surface area contributed by atoms with Crippen LogP contribution in [0.3, 0.4) is 0 Å². The summed E-state index contributed by atoms with van der Waals surface area (Å²) in [5.41, 5.74) is 0.894. The third kappa shape index (κ3) is 5.90. The van der Waals surface area contributed by atoms with Crippen molar-refractivity contribution in [3.63, 3.8) is 0 Å². The molecule has 6 nitrogen and oxygen atoms in total. The number of carbonyl (C=O) groups excluding carboxylic acids is 2. The number of ether oxygens (including phenoxy) is 1. The minimum absolute atomic E-state index is 0.0264. The predicted molar refractivity (Wildman–Crippen MR) is 98.3 cm³/mol. The second kappa shape index (κ2) is 9.22. The van der Waals surface area contributed by atoms with Crippen molar-refractivity contribution in [1.29, 1.82) is 0 Å². The Bertz CT molecular complexity index is 613. The van der Waals surface area contributed by atoms with Gasteiger partial charge in [0.2, 0.25) is 11.8 Å². The van der Waals surface area contributed by atoms with Gasteiger partial charge in [-0.1, -0.05) is 12.1 Å². The summed E-state index contributed by atoms with van der Waals surface area (Å²) in [7, 11) is 3.67. The summed E-state index contributed by atoms with van der Waals surface area (Å²) < 4.78 is 5.10. The van der Waals surface area contributed by atoms with E-state index in [1.807, 2.05) is 29.2 Å². The van der Waals surface area contributed by atoms with Crippen LogP contribution in [0.2, 0.25) is 0 Å². The summed E-state index contributed by atoms with van der Waals surface area (Å²) in [6.07, 6.45) is 4.12. The number of carbonyl (C=O) groups is 2. The summed E-state index contributed by atoms with van der Waals surface area (Å²) in [6.45, 7) is 5.04. The monoisotopic (exact) mass is 345 g/mol. The van der Waals surface area contributed by atoms with Crippen molar-refractivity contribution >= 4 is 17.9 Å². The summed E-state index contributed by atoms with van der Waals surface area (Å²) >= 11 is 0. The molecule has 1 fully saturated rings. The molecule has 1 atom stereocenters. The van der Waals surface area contributed by atoms with Crippen molar-refractivity contribution in [2.24, 2.45) is 0 Å². The van der Waals surface area contributed by atoms with Crippen molar-refractivity contribution in [3.8, 4) is 5.75 Å². The Hall–Kier alpha value is -2.34. The normalized spacial score (nSPS) is 17.2. The van der Waals surface area contributed by atoms with Crippen molar-refractivity contribution in [3.05, 3.63) is 35.9 Å². The van der Waals surface area contributed by atoms with Crippen LogP contribution in [0.5, 0.6) is 5.75 Å². The zero-order valence-electron chi connectivity index (χ0n) is 15.2. The van der Waals surface area contributed by atoms with Crippen LogP contribution >= 0.6 is 0 Å². The van der Waals surface area contributed by atoms with Crippen LogP contribution in [0, 0.1) is 0 Å². The number of benzene rings is 1. The molecule has 2 rings (SSSR count). The van der Waals surface area contributed by atoms with Gasteiger partial charge in [0.15, 0.2) is 0 Å². The Balaban J connectivity index is 1.85. The van der Waals surface area contributed by atoms with Gasteiger partial charge in [0.1, 0.15) is 11.8 Å². The van der Waals surface area contributed by atoms with E-state index >= 15 is 0 Å². The summed E-state index contributed by atoms with van der Waals surface area (Å²) in [4.78, 5) is 28.6. The predicted octanol–water partition coefficient (Wildman–Crippen LogP) is 1.38. The van der Waals surface area contributed by atoms with Gasteiger partial charge in [0.05, 0.1) is 7.11 Å². The van der Waals surface area contributed by atoms with Gasteiger partial charge in [0.25, 0.3) is 0 Å². The number of nitrogens with zero attached hydrogens (tertiary/aromatic N) is 2. The first kappa shape index (κ1) is 19.0. The Morgan fingerprint density at radius 2 is 1.88 bits per heavy atom. The van der Waals surface area contributed by atoms with E-state index in [-0.39, 0.29) is 11.8 Å². The number of likely N-dealkylation sites (N-methyl/N-ethyl adjacent to an activating group) is 1. The van der Waals surface area contributed by atoms with Crippen LogP contribution in [-0.2, 0) is 9.59 Å². The fourth-order valence-corrected chi connectivity index (χ4v) is 2.75. The molecule has 136 valence electrons. The smallest absolute Gasteiger partial charge is 0.244 e. The van der Waals surface area contributed by atoms with E-state index in [2.05, 4.69) is 17.3 Å². The lowest BCUT2D eigenvalue weighted by Crippen LogP contribution is -2.47. The van der Waals surface area contributed by atoms with E-state index in [0.29, 0.717) is 6.54 Å². The molecule has 1 N–H and O–H groups in total. The maximum absolute atomic E-state index is 12.5.